The third kappa shape index (κ3) is 1.70. The highest BCUT2D eigenvalue weighted by molar-refractivity contribution is 5.80. The zero-order valence-electron chi connectivity index (χ0n) is 8.25. The van der Waals surface area contributed by atoms with Crippen LogP contribution in [0.2, 0.25) is 0 Å². The minimum absolute atomic E-state index is 0.126. The molecule has 0 aliphatic carbocycles. The van der Waals surface area contributed by atoms with Crippen LogP contribution in [0.4, 0.5) is 0 Å². The summed E-state index contributed by atoms with van der Waals surface area (Å²) in [6, 6.07) is 0.242. The summed E-state index contributed by atoms with van der Waals surface area (Å²) in [7, 11) is 0. The lowest BCUT2D eigenvalue weighted by atomic mass is 9.88. The zero-order chi connectivity index (χ0) is 9.42. The average molecular weight is 183 g/mol. The molecule has 13 heavy (non-hydrogen) atoms. The monoisotopic (exact) mass is 183 g/mol. The number of fused-ring (bicyclic) bond motifs is 2. The summed E-state index contributed by atoms with van der Waals surface area (Å²) < 4.78 is 5.63. The van der Waals surface area contributed by atoms with Crippen LogP contribution in [-0.2, 0) is 9.53 Å². The normalized spacial score (nSPS) is 37.0. The fraction of sp³-hybridized carbons (Fsp3) is 0.900. The Morgan fingerprint density at radius 1 is 1.46 bits per heavy atom. The lowest BCUT2D eigenvalue weighted by molar-refractivity contribution is -0.127. The quantitative estimate of drug-likeness (QED) is 0.695. The molecule has 1 amide bonds. The van der Waals surface area contributed by atoms with Crippen molar-refractivity contribution in [2.75, 3.05) is 0 Å². The number of nitrogens with one attached hydrogen (secondary N) is 1. The molecule has 74 valence electrons. The first-order chi connectivity index (χ1) is 6.16. The van der Waals surface area contributed by atoms with Crippen LogP contribution in [0.15, 0.2) is 0 Å². The van der Waals surface area contributed by atoms with E-state index in [1.54, 1.807) is 0 Å². The molecule has 0 aromatic rings. The van der Waals surface area contributed by atoms with Crippen LogP contribution < -0.4 is 5.32 Å². The van der Waals surface area contributed by atoms with Gasteiger partial charge in [-0.25, -0.2) is 0 Å². The molecule has 2 heterocycles. The van der Waals surface area contributed by atoms with Gasteiger partial charge in [0, 0.05) is 6.04 Å². The molecule has 2 fully saturated rings. The molecule has 2 saturated heterocycles. The molecule has 3 atom stereocenters. The first kappa shape index (κ1) is 9.00. The Morgan fingerprint density at radius 2 is 2.23 bits per heavy atom. The number of carbonyl (C=O) groups excluding carboxylic acids is 1. The van der Waals surface area contributed by atoms with E-state index in [0.717, 1.165) is 19.3 Å². The van der Waals surface area contributed by atoms with Gasteiger partial charge in [-0.3, -0.25) is 4.79 Å². The van der Waals surface area contributed by atoms with Crippen molar-refractivity contribution in [1.82, 2.24) is 5.32 Å². The van der Waals surface area contributed by atoms with Crippen LogP contribution in [-0.4, -0.2) is 24.2 Å². The van der Waals surface area contributed by atoms with E-state index < -0.39 is 0 Å². The van der Waals surface area contributed by atoms with Gasteiger partial charge in [-0.2, -0.15) is 0 Å². The Morgan fingerprint density at radius 3 is 2.69 bits per heavy atom. The third-order valence-corrected chi connectivity index (χ3v) is 2.87. The number of amides is 1. The van der Waals surface area contributed by atoms with Crippen molar-refractivity contribution in [3.63, 3.8) is 0 Å². The van der Waals surface area contributed by atoms with E-state index in [9.17, 15) is 4.79 Å². The van der Waals surface area contributed by atoms with E-state index in [1.165, 1.54) is 0 Å². The number of rotatable bonds is 2. The van der Waals surface area contributed by atoms with Gasteiger partial charge in [-0.05, 0) is 33.1 Å². The predicted molar refractivity (Wildman–Crippen MR) is 49.3 cm³/mol. The van der Waals surface area contributed by atoms with Crippen LogP contribution in [0.1, 0.15) is 33.1 Å². The molecule has 3 unspecified atom stereocenters. The lowest BCUT2D eigenvalue weighted by Crippen LogP contribution is -2.39. The number of carbonyl (C=O) groups is 1. The summed E-state index contributed by atoms with van der Waals surface area (Å²) in [5.41, 5.74) is 0. The second kappa shape index (κ2) is 3.29. The van der Waals surface area contributed by atoms with Crippen molar-refractivity contribution in [3.8, 4) is 0 Å². The smallest absolute Gasteiger partial charge is 0.226 e. The van der Waals surface area contributed by atoms with E-state index >= 15 is 0 Å². The molecule has 0 aromatic carbocycles. The van der Waals surface area contributed by atoms with E-state index in [0.29, 0.717) is 6.10 Å². The van der Waals surface area contributed by atoms with Gasteiger partial charge in [0.25, 0.3) is 0 Å². The second-order valence-electron chi connectivity index (χ2n) is 4.38. The molecule has 1 N–H and O–H groups in total. The van der Waals surface area contributed by atoms with Gasteiger partial charge in [0.05, 0.1) is 18.1 Å². The van der Waals surface area contributed by atoms with E-state index in [4.69, 9.17) is 4.74 Å². The van der Waals surface area contributed by atoms with Gasteiger partial charge in [0.1, 0.15) is 0 Å². The third-order valence-electron chi connectivity index (χ3n) is 2.87. The van der Waals surface area contributed by atoms with Crippen LogP contribution in [0.3, 0.4) is 0 Å². The Labute approximate surface area is 78.8 Å². The number of ether oxygens (including phenoxy) is 1. The molecule has 2 bridgehead atoms. The number of hydrogen-bond donors (Lipinski definition) is 1. The average Bonchev–Trinajstić information content (AvgIpc) is 2.62. The molecule has 0 saturated carbocycles. The zero-order valence-corrected chi connectivity index (χ0v) is 8.25. The summed E-state index contributed by atoms with van der Waals surface area (Å²) in [4.78, 5) is 11.7. The summed E-state index contributed by atoms with van der Waals surface area (Å²) in [6.45, 7) is 3.98. The Kier molecular flexibility index (Phi) is 2.28. The van der Waals surface area contributed by atoms with Crippen LogP contribution in [0.25, 0.3) is 0 Å². The second-order valence-corrected chi connectivity index (χ2v) is 4.38. The molecule has 0 radical (unpaired) electrons. The van der Waals surface area contributed by atoms with Crippen molar-refractivity contribution >= 4 is 5.91 Å². The highest BCUT2D eigenvalue weighted by Gasteiger charge is 2.44. The van der Waals surface area contributed by atoms with Crippen molar-refractivity contribution in [2.45, 2.75) is 51.4 Å². The first-order valence-corrected chi connectivity index (χ1v) is 5.12. The van der Waals surface area contributed by atoms with Crippen LogP contribution in [0.5, 0.6) is 0 Å². The Balaban J connectivity index is 1.91. The maximum Gasteiger partial charge on any atom is 0.226 e. The van der Waals surface area contributed by atoms with Crippen LogP contribution in [0, 0.1) is 5.92 Å². The molecule has 0 spiro atoms. The van der Waals surface area contributed by atoms with Crippen molar-refractivity contribution in [3.05, 3.63) is 0 Å². The standard InChI is InChI=1S/C10H17NO2/c1-6(2)11-10(12)8-5-7-3-4-9(8)13-7/h6-9H,3-5H2,1-2H3,(H,11,12). The summed E-state index contributed by atoms with van der Waals surface area (Å²) in [6.07, 6.45) is 3.73. The highest BCUT2D eigenvalue weighted by atomic mass is 16.5. The van der Waals surface area contributed by atoms with Gasteiger partial charge in [-0.1, -0.05) is 0 Å². The summed E-state index contributed by atoms with van der Waals surface area (Å²) in [5, 5.41) is 2.95. The summed E-state index contributed by atoms with van der Waals surface area (Å²) >= 11 is 0. The van der Waals surface area contributed by atoms with Crippen molar-refractivity contribution in [1.29, 1.82) is 0 Å². The molecular weight excluding hydrogens is 166 g/mol. The fourth-order valence-electron chi connectivity index (χ4n) is 2.31. The number of hydrogen-bond acceptors (Lipinski definition) is 2. The van der Waals surface area contributed by atoms with E-state index in [2.05, 4.69) is 5.32 Å². The van der Waals surface area contributed by atoms with Gasteiger partial charge in [0.15, 0.2) is 0 Å². The van der Waals surface area contributed by atoms with Gasteiger partial charge in [0.2, 0.25) is 5.91 Å². The molecule has 2 rings (SSSR count). The predicted octanol–water partition coefficient (Wildman–Crippen LogP) is 1.08. The molecule has 0 aromatic heterocycles. The van der Waals surface area contributed by atoms with Gasteiger partial charge < -0.3 is 10.1 Å². The molecule has 3 heteroatoms. The largest absolute Gasteiger partial charge is 0.374 e. The van der Waals surface area contributed by atoms with Crippen molar-refractivity contribution < 1.29 is 9.53 Å². The minimum Gasteiger partial charge on any atom is -0.374 e. The van der Waals surface area contributed by atoms with Gasteiger partial charge in [-0.15, -0.1) is 0 Å². The molecule has 3 nitrogen and oxygen atoms in total. The molecule has 2 aliphatic rings. The Bertz CT molecular complexity index is 215. The van der Waals surface area contributed by atoms with E-state index in [-0.39, 0.29) is 24.0 Å². The van der Waals surface area contributed by atoms with Crippen molar-refractivity contribution in [2.24, 2.45) is 5.92 Å². The Hall–Kier alpha value is -0.570. The maximum absolute atomic E-state index is 11.7. The maximum atomic E-state index is 11.7. The fourth-order valence-corrected chi connectivity index (χ4v) is 2.31. The summed E-state index contributed by atoms with van der Waals surface area (Å²) in [5.74, 6) is 0.309. The van der Waals surface area contributed by atoms with Gasteiger partial charge >= 0.3 is 0 Å². The lowest BCUT2D eigenvalue weighted by Gasteiger charge is -2.19. The molecular formula is C10H17NO2. The topological polar surface area (TPSA) is 38.3 Å². The first-order valence-electron chi connectivity index (χ1n) is 5.12. The van der Waals surface area contributed by atoms with E-state index in [1.807, 2.05) is 13.8 Å². The molecule has 2 aliphatic heterocycles. The SMILES string of the molecule is CC(C)NC(=O)C1CC2CCC1O2. The minimum atomic E-state index is 0.126. The van der Waals surface area contributed by atoms with Crippen LogP contribution >= 0.6 is 0 Å². The highest BCUT2D eigenvalue weighted by Crippen LogP contribution is 2.38.